The highest BCUT2D eigenvalue weighted by Gasteiger charge is 2.25. The molecule has 0 saturated heterocycles. The smallest absolute Gasteiger partial charge is 0.262 e. The van der Waals surface area contributed by atoms with Gasteiger partial charge in [0.2, 0.25) is 5.88 Å². The number of ether oxygens (including phenoxy) is 1. The van der Waals surface area contributed by atoms with E-state index in [1.165, 1.54) is 25.1 Å². The van der Waals surface area contributed by atoms with Gasteiger partial charge in [-0.15, -0.1) is 0 Å². The van der Waals surface area contributed by atoms with Gasteiger partial charge in [-0.3, -0.25) is 19.9 Å². The maximum Gasteiger partial charge on any atom is 0.262 e. The zero-order valence-electron chi connectivity index (χ0n) is 21.5. The largest absolute Gasteiger partial charge is 0.435 e. The lowest BCUT2D eigenvalue weighted by Gasteiger charge is -2.17. The second-order valence-corrected chi connectivity index (χ2v) is 9.17. The first-order valence-corrected chi connectivity index (χ1v) is 12.0. The molecule has 0 aliphatic rings. The van der Waals surface area contributed by atoms with Crippen molar-refractivity contribution in [3.63, 3.8) is 0 Å². The van der Waals surface area contributed by atoms with Gasteiger partial charge < -0.3 is 19.9 Å². The number of benzene rings is 2. The van der Waals surface area contributed by atoms with Crippen LogP contribution >= 0.6 is 0 Å². The van der Waals surface area contributed by atoms with E-state index in [0.29, 0.717) is 17.2 Å². The maximum absolute atomic E-state index is 15.3. The average molecular weight is 542 g/mol. The number of amides is 1. The highest BCUT2D eigenvalue weighted by Crippen LogP contribution is 2.35. The Hall–Kier alpha value is -5.46. The van der Waals surface area contributed by atoms with E-state index in [1.807, 2.05) is 18.2 Å². The Balaban J connectivity index is 1.36. The minimum Gasteiger partial charge on any atom is -0.435 e. The Bertz CT molecular complexity index is 1920. The molecule has 0 atom stereocenters. The molecule has 0 bridgehead atoms. The van der Waals surface area contributed by atoms with Gasteiger partial charge >= 0.3 is 0 Å². The summed E-state index contributed by atoms with van der Waals surface area (Å²) in [4.78, 5) is 34.1. The van der Waals surface area contributed by atoms with Gasteiger partial charge in [0.05, 0.1) is 22.2 Å². The molecule has 6 aromatic rings. The van der Waals surface area contributed by atoms with E-state index in [0.717, 1.165) is 29.0 Å². The van der Waals surface area contributed by atoms with Crippen molar-refractivity contribution in [2.75, 3.05) is 19.4 Å². The van der Waals surface area contributed by atoms with E-state index in [-0.39, 0.29) is 28.2 Å². The van der Waals surface area contributed by atoms with Gasteiger partial charge in [0, 0.05) is 55.3 Å². The fraction of sp³-hybridized carbons (Fsp3) is 0.111. The highest BCUT2D eigenvalue weighted by atomic mass is 19.1. The van der Waals surface area contributed by atoms with Gasteiger partial charge in [-0.1, -0.05) is 6.07 Å². The van der Waals surface area contributed by atoms with E-state index in [4.69, 9.17) is 4.74 Å². The number of halogens is 2. The molecule has 4 heterocycles. The van der Waals surface area contributed by atoms with Crippen LogP contribution in [0.5, 0.6) is 11.6 Å². The third kappa shape index (κ3) is 4.42. The molecule has 0 aliphatic heterocycles. The first-order chi connectivity index (χ1) is 19.3. The van der Waals surface area contributed by atoms with Crippen LogP contribution in [0.4, 0.5) is 20.4 Å². The number of H-pyrrole nitrogens is 2. The fourth-order valence-corrected chi connectivity index (χ4v) is 4.26. The SMILES string of the molecule is Cc1cc2c(F)c(Oc3ncnc(Nc4cc(-c5ccc6nccnc6c5)[nH]n4)c3C(=O)N(C)C)cc(F)c2[nH]1. The molecule has 11 nitrogen and oxygen atoms in total. The van der Waals surface area contributed by atoms with Crippen molar-refractivity contribution in [3.8, 4) is 22.9 Å². The van der Waals surface area contributed by atoms with Crippen LogP contribution in [0.3, 0.4) is 0 Å². The van der Waals surface area contributed by atoms with Gasteiger partial charge in [0.15, 0.2) is 29.0 Å². The molecule has 40 heavy (non-hydrogen) atoms. The molecular weight excluding hydrogens is 520 g/mol. The zero-order chi connectivity index (χ0) is 28.0. The third-order valence-electron chi connectivity index (χ3n) is 6.15. The van der Waals surface area contributed by atoms with E-state index in [9.17, 15) is 9.18 Å². The van der Waals surface area contributed by atoms with Crippen LogP contribution in [-0.4, -0.2) is 60.0 Å². The second kappa shape index (κ2) is 9.69. The Morgan fingerprint density at radius 3 is 2.60 bits per heavy atom. The Morgan fingerprint density at radius 1 is 1.00 bits per heavy atom. The highest BCUT2D eigenvalue weighted by molar-refractivity contribution is 6.01. The minimum absolute atomic E-state index is 0.0177. The van der Waals surface area contributed by atoms with Gasteiger partial charge in [0.1, 0.15) is 11.9 Å². The number of anilines is 2. The van der Waals surface area contributed by atoms with E-state index >= 15 is 4.39 Å². The van der Waals surface area contributed by atoms with Crippen molar-refractivity contribution < 1.29 is 18.3 Å². The Labute approximate surface area is 225 Å². The molecular formula is C27H21F2N9O2. The maximum atomic E-state index is 15.3. The molecule has 4 aromatic heterocycles. The Kier molecular flexibility index (Phi) is 6.02. The molecule has 3 N–H and O–H groups in total. The Morgan fingerprint density at radius 2 is 1.80 bits per heavy atom. The molecule has 0 saturated carbocycles. The minimum atomic E-state index is -0.797. The van der Waals surface area contributed by atoms with Crippen LogP contribution in [0.2, 0.25) is 0 Å². The molecule has 0 unspecified atom stereocenters. The normalized spacial score (nSPS) is 11.2. The van der Waals surface area contributed by atoms with Crippen LogP contribution in [-0.2, 0) is 0 Å². The topological polar surface area (TPSA) is 138 Å². The predicted molar refractivity (Wildman–Crippen MR) is 143 cm³/mol. The molecule has 6 rings (SSSR count). The molecule has 0 spiro atoms. The number of carbonyl (C=O) groups is 1. The lowest BCUT2D eigenvalue weighted by molar-refractivity contribution is 0.0825. The summed E-state index contributed by atoms with van der Waals surface area (Å²) in [6.07, 6.45) is 4.38. The number of nitrogens with zero attached hydrogens (tertiary/aromatic N) is 6. The monoisotopic (exact) mass is 541 g/mol. The molecule has 0 radical (unpaired) electrons. The third-order valence-corrected chi connectivity index (χ3v) is 6.15. The number of aromatic nitrogens is 7. The molecule has 0 aliphatic carbocycles. The van der Waals surface area contributed by atoms with E-state index in [1.54, 1.807) is 25.4 Å². The number of aryl methyl sites for hydroxylation is 1. The average Bonchev–Trinajstić information content (AvgIpc) is 3.58. The van der Waals surface area contributed by atoms with Crippen LogP contribution in [0, 0.1) is 18.6 Å². The summed E-state index contributed by atoms with van der Waals surface area (Å²) in [6.45, 7) is 1.68. The van der Waals surface area contributed by atoms with Crippen molar-refractivity contribution in [3.05, 3.63) is 78.0 Å². The molecule has 0 fully saturated rings. The summed E-state index contributed by atoms with van der Waals surface area (Å²) in [7, 11) is 3.07. The summed E-state index contributed by atoms with van der Waals surface area (Å²) >= 11 is 0. The van der Waals surface area contributed by atoms with Crippen LogP contribution in [0.25, 0.3) is 33.2 Å². The summed E-state index contributed by atoms with van der Waals surface area (Å²) in [5.74, 6) is -2.32. The van der Waals surface area contributed by atoms with Crippen LogP contribution in [0.1, 0.15) is 16.1 Å². The van der Waals surface area contributed by atoms with Crippen LogP contribution < -0.4 is 10.1 Å². The number of rotatable bonds is 6. The number of fused-ring (bicyclic) bond motifs is 2. The summed E-state index contributed by atoms with van der Waals surface area (Å²) in [5, 5.41) is 10.2. The van der Waals surface area contributed by atoms with Gasteiger partial charge in [-0.05, 0) is 25.1 Å². The summed E-state index contributed by atoms with van der Waals surface area (Å²) in [5.41, 5.74) is 3.47. The molecule has 2 aromatic carbocycles. The first-order valence-electron chi connectivity index (χ1n) is 12.0. The fourth-order valence-electron chi connectivity index (χ4n) is 4.26. The standard InChI is InChI=1S/C27H21F2N9O2/c1-13-8-15-23(29)20(10-16(28)24(15)34-13)40-26-22(27(39)38(2)3)25(32-12-33-26)35-21-11-18(36-37-21)14-4-5-17-19(9-14)31-7-6-30-17/h4-12,34H,1-3H3,(H2,32,33,35,36,37). The summed E-state index contributed by atoms with van der Waals surface area (Å²) < 4.78 is 35.7. The number of carbonyl (C=O) groups excluding carboxylic acids is 1. The van der Waals surface area contributed by atoms with Gasteiger partial charge in [-0.2, -0.15) is 5.10 Å². The lowest BCUT2D eigenvalue weighted by atomic mass is 10.1. The second-order valence-electron chi connectivity index (χ2n) is 9.17. The zero-order valence-corrected chi connectivity index (χ0v) is 21.5. The van der Waals surface area contributed by atoms with Crippen molar-refractivity contribution >= 4 is 39.5 Å². The van der Waals surface area contributed by atoms with Crippen molar-refractivity contribution in [2.45, 2.75) is 6.92 Å². The van der Waals surface area contributed by atoms with Crippen LogP contribution in [0.15, 0.2) is 55.1 Å². The van der Waals surface area contributed by atoms with Crippen molar-refractivity contribution in [2.24, 2.45) is 0 Å². The number of hydrogen-bond acceptors (Lipinski definition) is 8. The predicted octanol–water partition coefficient (Wildman–Crippen LogP) is 5.12. The van der Waals surface area contributed by atoms with Gasteiger partial charge in [-0.25, -0.2) is 18.7 Å². The number of aromatic amines is 2. The summed E-state index contributed by atoms with van der Waals surface area (Å²) in [6, 6.07) is 9.69. The van der Waals surface area contributed by atoms with Gasteiger partial charge in [0.25, 0.3) is 5.91 Å². The first kappa shape index (κ1) is 24.9. The number of hydrogen-bond donors (Lipinski definition) is 3. The molecule has 1 amide bonds. The molecule has 200 valence electrons. The quantitative estimate of drug-likeness (QED) is 0.264. The van der Waals surface area contributed by atoms with Crippen molar-refractivity contribution in [1.82, 2.24) is 40.0 Å². The lowest BCUT2D eigenvalue weighted by Crippen LogP contribution is -2.24. The van der Waals surface area contributed by atoms with E-state index < -0.39 is 23.3 Å². The van der Waals surface area contributed by atoms with E-state index in [2.05, 4.69) is 40.4 Å². The van der Waals surface area contributed by atoms with Crippen molar-refractivity contribution in [1.29, 1.82) is 0 Å². The number of nitrogens with one attached hydrogen (secondary N) is 3. The molecule has 13 heteroatoms.